The molecule has 0 amide bonds. The van der Waals surface area contributed by atoms with Gasteiger partial charge in [-0.1, -0.05) is 90.5 Å². The van der Waals surface area contributed by atoms with Gasteiger partial charge in [0.25, 0.3) is 0 Å². The fourth-order valence-electron chi connectivity index (χ4n) is 5.62. The number of benzene rings is 3. The van der Waals surface area contributed by atoms with Gasteiger partial charge in [-0.3, -0.25) is 9.69 Å². The summed E-state index contributed by atoms with van der Waals surface area (Å²) in [4.78, 5) is 16.0. The second kappa shape index (κ2) is 10.1. The van der Waals surface area contributed by atoms with Crippen molar-refractivity contribution in [2.45, 2.75) is 43.7 Å². The molecule has 3 aromatic carbocycles. The zero-order valence-corrected chi connectivity index (χ0v) is 20.0. The number of carbonyl (C=O) groups is 1. The van der Waals surface area contributed by atoms with E-state index in [1.165, 1.54) is 11.1 Å². The summed E-state index contributed by atoms with van der Waals surface area (Å²) in [6.45, 7) is 6.19. The Balaban J connectivity index is 1.28. The molecule has 0 saturated carbocycles. The summed E-state index contributed by atoms with van der Waals surface area (Å²) >= 11 is 0. The normalized spacial score (nSPS) is 22.4. The summed E-state index contributed by atoms with van der Waals surface area (Å²) in [5, 5.41) is 3.55. The number of carbonyl (C=O) groups excluding carboxylic acids is 1. The third-order valence-electron chi connectivity index (χ3n) is 7.48. The van der Waals surface area contributed by atoms with Crippen LogP contribution < -0.4 is 5.32 Å². The topological polar surface area (TPSA) is 41.6 Å². The number of hydrogen-bond donors (Lipinski definition) is 1. The number of hydrogen-bond acceptors (Lipinski definition) is 4. The first-order chi connectivity index (χ1) is 16.7. The number of aryl methyl sites for hydroxylation is 1. The first-order valence-corrected chi connectivity index (χ1v) is 12.5. The van der Waals surface area contributed by atoms with Crippen molar-refractivity contribution in [3.8, 4) is 0 Å². The maximum absolute atomic E-state index is 13.4. The molecule has 0 aromatic heterocycles. The van der Waals surface area contributed by atoms with Crippen LogP contribution in [0.2, 0.25) is 0 Å². The maximum atomic E-state index is 13.4. The molecule has 0 bridgehead atoms. The van der Waals surface area contributed by atoms with Crippen molar-refractivity contribution in [3.63, 3.8) is 0 Å². The molecule has 1 N–H and O–H groups in total. The number of cyclic esters (lactones) is 1. The van der Waals surface area contributed by atoms with Crippen LogP contribution in [0.4, 0.5) is 0 Å². The van der Waals surface area contributed by atoms with Crippen molar-refractivity contribution in [2.24, 2.45) is 0 Å². The van der Waals surface area contributed by atoms with Crippen LogP contribution >= 0.6 is 0 Å². The molecule has 4 nitrogen and oxygen atoms in total. The molecule has 2 fully saturated rings. The molecule has 4 heteroatoms. The number of ether oxygens (including phenoxy) is 1. The summed E-state index contributed by atoms with van der Waals surface area (Å²) in [7, 11) is 0. The second-order valence-corrected chi connectivity index (χ2v) is 9.68. The molecule has 34 heavy (non-hydrogen) atoms. The molecule has 0 spiro atoms. The number of piperazine rings is 1. The van der Waals surface area contributed by atoms with Crippen molar-refractivity contribution in [1.29, 1.82) is 0 Å². The summed E-state index contributed by atoms with van der Waals surface area (Å²) < 4.78 is 6.03. The second-order valence-electron chi connectivity index (χ2n) is 9.68. The Morgan fingerprint density at radius 2 is 1.59 bits per heavy atom. The minimum atomic E-state index is -0.716. The molecule has 2 atom stereocenters. The van der Waals surface area contributed by atoms with Gasteiger partial charge in [0.05, 0.1) is 0 Å². The van der Waals surface area contributed by atoms with Crippen LogP contribution in [0.1, 0.15) is 47.6 Å². The van der Waals surface area contributed by atoms with Crippen molar-refractivity contribution in [1.82, 2.24) is 10.2 Å². The van der Waals surface area contributed by atoms with E-state index in [9.17, 15) is 4.79 Å². The van der Waals surface area contributed by atoms with Gasteiger partial charge in [0.15, 0.2) is 0 Å². The van der Waals surface area contributed by atoms with E-state index >= 15 is 0 Å². The fraction of sp³-hybridized carbons (Fsp3) is 0.367. The highest BCUT2D eigenvalue weighted by molar-refractivity contribution is 5.89. The zero-order chi connectivity index (χ0) is 23.4. The van der Waals surface area contributed by atoms with Crippen LogP contribution in [0.25, 0.3) is 0 Å². The van der Waals surface area contributed by atoms with E-state index in [2.05, 4.69) is 65.7 Å². The average Bonchev–Trinajstić information content (AvgIpc) is 3.23. The van der Waals surface area contributed by atoms with Gasteiger partial charge in [-0.2, -0.15) is 0 Å². The predicted molar refractivity (Wildman–Crippen MR) is 136 cm³/mol. The van der Waals surface area contributed by atoms with E-state index in [1.54, 1.807) is 0 Å². The van der Waals surface area contributed by atoms with Crippen LogP contribution in [0, 0.1) is 6.92 Å². The van der Waals surface area contributed by atoms with Crippen LogP contribution in [0.5, 0.6) is 0 Å². The predicted octanol–water partition coefficient (Wildman–Crippen LogP) is 5.02. The lowest BCUT2D eigenvalue weighted by Gasteiger charge is -2.36. The Morgan fingerprint density at radius 1 is 0.941 bits per heavy atom. The van der Waals surface area contributed by atoms with E-state index in [1.807, 2.05) is 36.4 Å². The van der Waals surface area contributed by atoms with Gasteiger partial charge < -0.3 is 10.1 Å². The highest BCUT2D eigenvalue weighted by Gasteiger charge is 2.51. The number of esters is 1. The lowest BCUT2D eigenvalue weighted by atomic mass is 9.72. The maximum Gasteiger partial charge on any atom is 0.321 e. The SMILES string of the molecule is Cc1ccc(C2CNCCN2CCCC2CC(c3ccccc3)(c3ccccc3)C(=O)O2)cc1. The monoisotopic (exact) mass is 454 g/mol. The summed E-state index contributed by atoms with van der Waals surface area (Å²) in [6.07, 6.45) is 2.54. The van der Waals surface area contributed by atoms with E-state index in [0.717, 1.165) is 50.1 Å². The lowest BCUT2D eigenvalue weighted by Crippen LogP contribution is -2.46. The van der Waals surface area contributed by atoms with Gasteiger partial charge >= 0.3 is 5.97 Å². The van der Waals surface area contributed by atoms with Gasteiger partial charge in [-0.25, -0.2) is 0 Å². The molecule has 0 radical (unpaired) electrons. The highest BCUT2D eigenvalue weighted by atomic mass is 16.6. The molecule has 176 valence electrons. The Labute approximate surface area is 202 Å². The Morgan fingerprint density at radius 3 is 2.24 bits per heavy atom. The highest BCUT2D eigenvalue weighted by Crippen LogP contribution is 2.44. The van der Waals surface area contributed by atoms with Gasteiger partial charge in [0.1, 0.15) is 11.5 Å². The van der Waals surface area contributed by atoms with Gasteiger partial charge in [-0.05, 0) is 43.0 Å². The van der Waals surface area contributed by atoms with E-state index in [0.29, 0.717) is 12.5 Å². The standard InChI is InChI=1S/C30H34N2O2/c1-23-14-16-24(17-15-23)28-22-31-18-20-32(28)19-8-13-27-21-30(29(33)34-27,25-9-4-2-5-10-25)26-11-6-3-7-12-26/h2-7,9-12,14-17,27-28,31H,8,13,18-22H2,1H3. The lowest BCUT2D eigenvalue weighted by molar-refractivity contribution is -0.144. The summed E-state index contributed by atoms with van der Waals surface area (Å²) in [5.74, 6) is -0.116. The third-order valence-corrected chi connectivity index (χ3v) is 7.48. The Hall–Kier alpha value is -2.95. The van der Waals surface area contributed by atoms with Gasteiger partial charge in [0, 0.05) is 32.1 Å². The number of nitrogens with zero attached hydrogens (tertiary/aromatic N) is 1. The van der Waals surface area contributed by atoms with E-state index < -0.39 is 5.41 Å². The third kappa shape index (κ3) is 4.53. The molecule has 2 aliphatic heterocycles. The van der Waals surface area contributed by atoms with Crippen LogP contribution in [0.15, 0.2) is 84.9 Å². The summed E-state index contributed by atoms with van der Waals surface area (Å²) in [5.41, 5.74) is 4.00. The summed E-state index contributed by atoms with van der Waals surface area (Å²) in [6, 6.07) is 29.6. The van der Waals surface area contributed by atoms with Crippen LogP contribution in [-0.2, 0) is 14.9 Å². The molecular formula is C30H34N2O2. The van der Waals surface area contributed by atoms with Crippen LogP contribution in [-0.4, -0.2) is 43.2 Å². The molecule has 2 heterocycles. The molecule has 2 aliphatic rings. The molecule has 0 aliphatic carbocycles. The zero-order valence-electron chi connectivity index (χ0n) is 20.0. The van der Waals surface area contributed by atoms with Crippen molar-refractivity contribution in [3.05, 3.63) is 107 Å². The van der Waals surface area contributed by atoms with E-state index in [4.69, 9.17) is 4.74 Å². The average molecular weight is 455 g/mol. The van der Waals surface area contributed by atoms with Crippen molar-refractivity contribution < 1.29 is 9.53 Å². The molecule has 2 unspecified atom stereocenters. The van der Waals surface area contributed by atoms with Crippen molar-refractivity contribution in [2.75, 3.05) is 26.2 Å². The molecule has 5 rings (SSSR count). The van der Waals surface area contributed by atoms with Crippen LogP contribution in [0.3, 0.4) is 0 Å². The number of rotatable bonds is 7. The van der Waals surface area contributed by atoms with Gasteiger partial charge in [-0.15, -0.1) is 0 Å². The van der Waals surface area contributed by atoms with Crippen molar-refractivity contribution >= 4 is 5.97 Å². The Bertz CT molecular complexity index is 1040. The molecular weight excluding hydrogens is 420 g/mol. The first-order valence-electron chi connectivity index (χ1n) is 12.5. The van der Waals surface area contributed by atoms with Gasteiger partial charge in [0.2, 0.25) is 0 Å². The minimum Gasteiger partial charge on any atom is -0.461 e. The minimum absolute atomic E-state index is 0.0614. The fourth-order valence-corrected chi connectivity index (χ4v) is 5.62. The molecule has 2 saturated heterocycles. The van der Waals surface area contributed by atoms with E-state index in [-0.39, 0.29) is 12.1 Å². The molecule has 3 aromatic rings. The Kier molecular flexibility index (Phi) is 6.80. The first kappa shape index (κ1) is 22.8. The largest absolute Gasteiger partial charge is 0.461 e. The quantitative estimate of drug-likeness (QED) is 0.509. The number of nitrogens with one attached hydrogen (secondary N) is 1. The smallest absolute Gasteiger partial charge is 0.321 e.